The van der Waals surface area contributed by atoms with Crippen LogP contribution in [-0.2, 0) is 4.79 Å². The van der Waals surface area contributed by atoms with Crippen molar-refractivity contribution in [2.75, 3.05) is 5.75 Å². The molecule has 0 aliphatic rings. The number of nitrogens with two attached hydrogens (primary N) is 1. The number of thiol groups is 1. The molecule has 0 spiro atoms. The largest absolute Gasteiger partial charge is 0.369 e. The van der Waals surface area contributed by atoms with E-state index < -0.39 is 0 Å². The van der Waals surface area contributed by atoms with Crippen LogP contribution < -0.4 is 5.73 Å². The van der Waals surface area contributed by atoms with E-state index in [2.05, 4.69) is 22.8 Å². The molecule has 0 aliphatic heterocycles. The van der Waals surface area contributed by atoms with Gasteiger partial charge < -0.3 is 5.73 Å². The number of aromatic nitrogens is 2. The maximum absolute atomic E-state index is 10.3. The number of nitrogens with zero attached hydrogens (tertiary/aromatic N) is 2. The lowest BCUT2D eigenvalue weighted by atomic mass is 10.8. The minimum Gasteiger partial charge on any atom is -0.369 e. The Bertz CT molecular complexity index is 261. The van der Waals surface area contributed by atoms with Crippen LogP contribution in [0.4, 0.5) is 0 Å². The predicted octanol–water partition coefficient (Wildman–Crippen LogP) is 0.404. The highest BCUT2D eigenvalue weighted by molar-refractivity contribution is 8.01. The van der Waals surface area contributed by atoms with Crippen molar-refractivity contribution < 1.29 is 4.79 Å². The average Bonchev–Trinajstić information content (AvgIpc) is 2.31. The zero-order chi connectivity index (χ0) is 8.27. The molecule has 11 heavy (non-hydrogen) atoms. The van der Waals surface area contributed by atoms with E-state index >= 15 is 0 Å². The van der Waals surface area contributed by atoms with Gasteiger partial charge in [-0.05, 0) is 0 Å². The number of rotatable bonds is 3. The van der Waals surface area contributed by atoms with E-state index in [4.69, 9.17) is 5.73 Å². The number of amides is 1. The third kappa shape index (κ3) is 3.08. The van der Waals surface area contributed by atoms with Crippen LogP contribution in [0.2, 0.25) is 0 Å². The monoisotopic (exact) mass is 207 g/mol. The zero-order valence-corrected chi connectivity index (χ0v) is 7.88. The summed E-state index contributed by atoms with van der Waals surface area (Å²) in [5.74, 6) is -0.117. The van der Waals surface area contributed by atoms with E-state index in [1.807, 2.05) is 0 Å². The van der Waals surface area contributed by atoms with Crippen molar-refractivity contribution >= 4 is 41.6 Å². The molecule has 0 atom stereocenters. The SMILES string of the molecule is NC(=O)CSc1nnc(S)s1. The summed E-state index contributed by atoms with van der Waals surface area (Å²) in [4.78, 5) is 10.3. The smallest absolute Gasteiger partial charge is 0.227 e. The van der Waals surface area contributed by atoms with Gasteiger partial charge >= 0.3 is 0 Å². The van der Waals surface area contributed by atoms with Gasteiger partial charge in [-0.3, -0.25) is 4.79 Å². The Hall–Kier alpha value is -0.270. The fraction of sp³-hybridized carbons (Fsp3) is 0.250. The first-order chi connectivity index (χ1) is 5.18. The Morgan fingerprint density at radius 1 is 1.73 bits per heavy atom. The van der Waals surface area contributed by atoms with Gasteiger partial charge in [-0.25, -0.2) is 0 Å². The summed E-state index contributed by atoms with van der Waals surface area (Å²) >= 11 is 6.56. The van der Waals surface area contributed by atoms with E-state index in [-0.39, 0.29) is 11.7 Å². The van der Waals surface area contributed by atoms with Crippen molar-refractivity contribution in [3.8, 4) is 0 Å². The number of hydrogen-bond acceptors (Lipinski definition) is 6. The standard InChI is InChI=1S/C4H5N3OS3/c5-2(8)1-10-4-7-6-3(9)11-4/h1H2,(H2,5,8)(H,6,9). The van der Waals surface area contributed by atoms with Gasteiger partial charge in [-0.2, -0.15) is 0 Å². The molecule has 1 rings (SSSR count). The molecule has 2 N–H and O–H groups in total. The molecule has 0 radical (unpaired) electrons. The molecule has 60 valence electrons. The second kappa shape index (κ2) is 3.93. The lowest BCUT2D eigenvalue weighted by molar-refractivity contribution is -0.115. The highest BCUT2D eigenvalue weighted by Crippen LogP contribution is 2.23. The van der Waals surface area contributed by atoms with Crippen LogP contribution in [0, 0.1) is 0 Å². The van der Waals surface area contributed by atoms with E-state index in [1.54, 1.807) is 0 Å². The van der Waals surface area contributed by atoms with Gasteiger partial charge in [0.25, 0.3) is 0 Å². The molecule has 7 heteroatoms. The van der Waals surface area contributed by atoms with Crippen molar-refractivity contribution in [3.05, 3.63) is 0 Å². The van der Waals surface area contributed by atoms with Crippen LogP contribution in [0.25, 0.3) is 0 Å². The van der Waals surface area contributed by atoms with Crippen molar-refractivity contribution in [2.45, 2.75) is 8.68 Å². The number of primary amides is 1. The fourth-order valence-electron chi connectivity index (χ4n) is 0.394. The minimum atomic E-state index is -0.356. The first kappa shape index (κ1) is 8.82. The lowest BCUT2D eigenvalue weighted by Gasteiger charge is -1.88. The van der Waals surface area contributed by atoms with Crippen molar-refractivity contribution in [1.82, 2.24) is 10.2 Å². The molecule has 4 nitrogen and oxygen atoms in total. The molecule has 1 amide bonds. The molecule has 1 heterocycles. The van der Waals surface area contributed by atoms with Gasteiger partial charge in [0, 0.05) is 0 Å². The Labute approximate surface area is 77.0 Å². The summed E-state index contributed by atoms with van der Waals surface area (Å²) in [5.41, 5.74) is 4.92. The molecule has 1 aromatic heterocycles. The summed E-state index contributed by atoms with van der Waals surface area (Å²) in [5, 5.41) is 7.39. The minimum absolute atomic E-state index is 0.239. The first-order valence-electron chi connectivity index (χ1n) is 2.62. The van der Waals surface area contributed by atoms with Crippen LogP contribution in [0.3, 0.4) is 0 Å². The van der Waals surface area contributed by atoms with Crippen molar-refractivity contribution in [2.24, 2.45) is 5.73 Å². The van der Waals surface area contributed by atoms with Crippen LogP contribution in [0.5, 0.6) is 0 Å². The first-order valence-corrected chi connectivity index (χ1v) is 4.87. The van der Waals surface area contributed by atoms with E-state index in [0.717, 1.165) is 0 Å². The lowest BCUT2D eigenvalue weighted by Crippen LogP contribution is -2.12. The van der Waals surface area contributed by atoms with Gasteiger partial charge in [-0.15, -0.1) is 22.8 Å². The van der Waals surface area contributed by atoms with Crippen LogP contribution in [0.1, 0.15) is 0 Å². The molecule has 0 saturated carbocycles. The predicted molar refractivity (Wildman–Crippen MR) is 47.1 cm³/mol. The maximum atomic E-state index is 10.3. The second-order valence-corrected chi connectivity index (χ2v) is 4.53. The Morgan fingerprint density at radius 3 is 2.91 bits per heavy atom. The molecule has 1 aromatic rings. The number of hydrogen-bond donors (Lipinski definition) is 2. The number of thioether (sulfide) groups is 1. The van der Waals surface area contributed by atoms with E-state index in [1.165, 1.54) is 23.1 Å². The molecule has 0 fully saturated rings. The van der Waals surface area contributed by atoms with Gasteiger partial charge in [-0.1, -0.05) is 23.1 Å². The molecule has 0 bridgehead atoms. The molecule has 0 aliphatic carbocycles. The maximum Gasteiger partial charge on any atom is 0.227 e. The molecular formula is C4H5N3OS3. The molecule has 0 aromatic carbocycles. The van der Waals surface area contributed by atoms with Gasteiger partial charge in [0.1, 0.15) is 0 Å². The third-order valence-electron chi connectivity index (χ3n) is 0.734. The van der Waals surface area contributed by atoms with Gasteiger partial charge in [0.05, 0.1) is 5.75 Å². The van der Waals surface area contributed by atoms with Crippen molar-refractivity contribution in [1.29, 1.82) is 0 Å². The number of carbonyl (C=O) groups excluding carboxylic acids is 1. The zero-order valence-electron chi connectivity index (χ0n) is 5.35. The Kier molecular flexibility index (Phi) is 3.16. The average molecular weight is 207 g/mol. The normalized spacial score (nSPS) is 9.91. The quantitative estimate of drug-likeness (QED) is 0.556. The van der Waals surface area contributed by atoms with Crippen LogP contribution >= 0.6 is 35.7 Å². The molecule has 0 unspecified atom stereocenters. The summed E-state index contributed by atoms with van der Waals surface area (Å²) in [6, 6.07) is 0. The summed E-state index contributed by atoms with van der Waals surface area (Å²) in [6.45, 7) is 0. The van der Waals surface area contributed by atoms with E-state index in [0.29, 0.717) is 8.68 Å². The highest BCUT2D eigenvalue weighted by atomic mass is 32.2. The van der Waals surface area contributed by atoms with Gasteiger partial charge in [0.15, 0.2) is 8.68 Å². The van der Waals surface area contributed by atoms with Crippen LogP contribution in [-0.4, -0.2) is 21.9 Å². The Balaban J connectivity index is 2.45. The molecular weight excluding hydrogens is 202 g/mol. The fourth-order valence-corrected chi connectivity index (χ4v) is 2.22. The topological polar surface area (TPSA) is 68.9 Å². The molecule has 0 saturated heterocycles. The second-order valence-electron chi connectivity index (χ2n) is 1.61. The Morgan fingerprint density at radius 2 is 2.45 bits per heavy atom. The summed E-state index contributed by atoms with van der Waals surface area (Å²) < 4.78 is 1.31. The van der Waals surface area contributed by atoms with Crippen molar-refractivity contribution in [3.63, 3.8) is 0 Å². The van der Waals surface area contributed by atoms with Crippen LogP contribution in [0.15, 0.2) is 8.68 Å². The highest BCUT2D eigenvalue weighted by Gasteiger charge is 2.02. The van der Waals surface area contributed by atoms with Gasteiger partial charge in [0.2, 0.25) is 5.91 Å². The summed E-state index contributed by atoms with van der Waals surface area (Å²) in [7, 11) is 0. The summed E-state index contributed by atoms with van der Waals surface area (Å²) in [6.07, 6.45) is 0. The number of carbonyl (C=O) groups is 1. The third-order valence-corrected chi connectivity index (χ3v) is 2.98. The van der Waals surface area contributed by atoms with E-state index in [9.17, 15) is 4.79 Å².